The fraction of sp³-hybridized carbons (Fsp3) is 0.846. The van der Waals surface area contributed by atoms with Crippen LogP contribution >= 0.6 is 0 Å². The molecular weight excluding hydrogens is 226 g/mol. The lowest BCUT2D eigenvalue weighted by Gasteiger charge is -2.20. The van der Waals surface area contributed by atoms with Crippen LogP contribution in [0.15, 0.2) is 0 Å². The molecule has 1 fully saturated rings. The molecular formula is C13H23N5. The number of fused-ring (bicyclic) bond motifs is 1. The number of nitrogens with one attached hydrogen (secondary N) is 1. The summed E-state index contributed by atoms with van der Waals surface area (Å²) in [5, 5.41) is 12.1. The minimum atomic E-state index is 0.703. The van der Waals surface area contributed by atoms with Crippen LogP contribution in [0.25, 0.3) is 0 Å². The zero-order valence-electron chi connectivity index (χ0n) is 11.2. The van der Waals surface area contributed by atoms with Crippen LogP contribution in [0, 0.1) is 0 Å². The molecule has 0 bridgehead atoms. The molecule has 2 aliphatic heterocycles. The molecule has 1 atom stereocenters. The summed E-state index contributed by atoms with van der Waals surface area (Å²) >= 11 is 0. The first-order valence-electron chi connectivity index (χ1n) is 7.16. The highest BCUT2D eigenvalue weighted by atomic mass is 15.3. The number of hydrogen-bond donors (Lipinski definition) is 1. The number of rotatable bonds is 4. The van der Waals surface area contributed by atoms with Crippen molar-refractivity contribution in [3.63, 3.8) is 0 Å². The van der Waals surface area contributed by atoms with Crippen LogP contribution in [0.2, 0.25) is 0 Å². The lowest BCUT2D eigenvalue weighted by Crippen LogP contribution is -2.35. The average Bonchev–Trinajstić information content (AvgIpc) is 2.97. The molecule has 18 heavy (non-hydrogen) atoms. The fourth-order valence-electron chi connectivity index (χ4n) is 3.09. The number of nitrogens with zero attached hydrogens (tertiary/aromatic N) is 4. The first-order chi connectivity index (χ1) is 8.84. The van der Waals surface area contributed by atoms with Crippen molar-refractivity contribution < 1.29 is 0 Å². The van der Waals surface area contributed by atoms with Crippen molar-refractivity contribution in [1.29, 1.82) is 0 Å². The van der Waals surface area contributed by atoms with Crippen LogP contribution in [0.5, 0.6) is 0 Å². The van der Waals surface area contributed by atoms with Crippen LogP contribution in [-0.2, 0) is 19.5 Å². The Labute approximate surface area is 109 Å². The van der Waals surface area contributed by atoms with E-state index in [1.165, 1.54) is 38.1 Å². The summed E-state index contributed by atoms with van der Waals surface area (Å²) in [6.45, 7) is 4.27. The van der Waals surface area contributed by atoms with Crippen molar-refractivity contribution >= 4 is 0 Å². The first kappa shape index (κ1) is 12.1. The molecule has 3 heterocycles. The molecule has 0 saturated carbocycles. The van der Waals surface area contributed by atoms with Crippen molar-refractivity contribution in [2.24, 2.45) is 0 Å². The van der Waals surface area contributed by atoms with E-state index in [-0.39, 0.29) is 0 Å². The van der Waals surface area contributed by atoms with Gasteiger partial charge >= 0.3 is 0 Å². The lowest BCUT2D eigenvalue weighted by atomic mass is 10.1. The van der Waals surface area contributed by atoms with Crippen LogP contribution in [0.4, 0.5) is 0 Å². The molecule has 1 N–H and O–H groups in total. The van der Waals surface area contributed by atoms with Crippen molar-refractivity contribution in [3.05, 3.63) is 11.6 Å². The Kier molecular flexibility index (Phi) is 3.61. The van der Waals surface area contributed by atoms with Crippen molar-refractivity contribution in [3.8, 4) is 0 Å². The summed E-state index contributed by atoms with van der Waals surface area (Å²) < 4.78 is 2.30. The van der Waals surface area contributed by atoms with Gasteiger partial charge < -0.3 is 14.8 Å². The summed E-state index contributed by atoms with van der Waals surface area (Å²) in [6.07, 6.45) is 6.28. The van der Waals surface area contributed by atoms with Gasteiger partial charge in [-0.2, -0.15) is 0 Å². The second-order valence-corrected chi connectivity index (χ2v) is 5.55. The highest BCUT2D eigenvalue weighted by Gasteiger charge is 2.21. The Bertz CT molecular complexity index is 400. The highest BCUT2D eigenvalue weighted by molar-refractivity contribution is 4.98. The Morgan fingerprint density at radius 3 is 3.00 bits per heavy atom. The third-order valence-corrected chi connectivity index (χ3v) is 4.27. The highest BCUT2D eigenvalue weighted by Crippen LogP contribution is 2.15. The van der Waals surface area contributed by atoms with Crippen LogP contribution in [0.3, 0.4) is 0 Å². The third kappa shape index (κ3) is 2.42. The standard InChI is InChI=1S/C13H23N5/c1-17-7-4-5-11(17)9-14-10-13-16-15-12-6-2-3-8-18(12)13/h11,14H,2-10H2,1H3. The van der Waals surface area contributed by atoms with E-state index in [0.717, 1.165) is 31.9 Å². The molecule has 0 spiro atoms. The first-order valence-corrected chi connectivity index (χ1v) is 7.16. The maximum absolute atomic E-state index is 4.32. The van der Waals surface area contributed by atoms with Crippen molar-refractivity contribution in [1.82, 2.24) is 25.0 Å². The molecule has 1 aromatic heterocycles. The largest absolute Gasteiger partial charge is 0.314 e. The molecule has 2 aliphatic rings. The normalized spacial score (nSPS) is 24.4. The zero-order chi connectivity index (χ0) is 12.4. The van der Waals surface area contributed by atoms with Crippen molar-refractivity contribution in [2.75, 3.05) is 20.1 Å². The molecule has 5 nitrogen and oxygen atoms in total. The van der Waals surface area contributed by atoms with E-state index in [9.17, 15) is 0 Å². The maximum atomic E-state index is 4.32. The second-order valence-electron chi connectivity index (χ2n) is 5.55. The minimum Gasteiger partial charge on any atom is -0.314 e. The van der Waals surface area contributed by atoms with Gasteiger partial charge in [-0.1, -0.05) is 0 Å². The molecule has 3 rings (SSSR count). The number of likely N-dealkylation sites (N-methyl/N-ethyl adjacent to an activating group) is 1. The minimum absolute atomic E-state index is 0.703. The van der Waals surface area contributed by atoms with E-state index in [4.69, 9.17) is 0 Å². The van der Waals surface area contributed by atoms with Gasteiger partial charge in [-0.15, -0.1) is 10.2 Å². The van der Waals surface area contributed by atoms with E-state index >= 15 is 0 Å². The van der Waals surface area contributed by atoms with Crippen LogP contribution in [0.1, 0.15) is 37.3 Å². The SMILES string of the molecule is CN1CCCC1CNCc1nnc2n1CCCC2. The Morgan fingerprint density at radius 2 is 2.17 bits per heavy atom. The summed E-state index contributed by atoms with van der Waals surface area (Å²) in [6, 6.07) is 0.703. The van der Waals surface area contributed by atoms with Gasteiger partial charge in [0.25, 0.3) is 0 Å². The van der Waals surface area contributed by atoms with Crippen LogP contribution in [-0.4, -0.2) is 45.8 Å². The number of likely N-dealkylation sites (tertiary alicyclic amines) is 1. The molecule has 1 saturated heterocycles. The molecule has 0 amide bonds. The Hall–Kier alpha value is -0.940. The molecule has 1 aromatic rings. The van der Waals surface area contributed by atoms with Gasteiger partial charge in [-0.3, -0.25) is 0 Å². The Morgan fingerprint density at radius 1 is 1.22 bits per heavy atom. The van der Waals surface area contributed by atoms with Gasteiger partial charge in [0.05, 0.1) is 6.54 Å². The summed E-state index contributed by atoms with van der Waals surface area (Å²) in [7, 11) is 2.22. The van der Waals surface area contributed by atoms with Crippen LogP contribution < -0.4 is 5.32 Å². The predicted molar refractivity (Wildman–Crippen MR) is 70.3 cm³/mol. The zero-order valence-corrected chi connectivity index (χ0v) is 11.2. The smallest absolute Gasteiger partial charge is 0.147 e. The van der Waals surface area contributed by atoms with Gasteiger partial charge in [-0.25, -0.2) is 0 Å². The van der Waals surface area contributed by atoms with E-state index < -0.39 is 0 Å². The third-order valence-electron chi connectivity index (χ3n) is 4.27. The fourth-order valence-corrected chi connectivity index (χ4v) is 3.09. The summed E-state index contributed by atoms with van der Waals surface area (Å²) in [4.78, 5) is 2.45. The molecule has 1 unspecified atom stereocenters. The summed E-state index contributed by atoms with van der Waals surface area (Å²) in [5.74, 6) is 2.29. The van der Waals surface area contributed by atoms with Gasteiger partial charge in [0.1, 0.15) is 11.6 Å². The van der Waals surface area contributed by atoms with Gasteiger partial charge in [-0.05, 0) is 39.3 Å². The molecule has 0 aromatic carbocycles. The second kappa shape index (κ2) is 5.36. The molecule has 100 valence electrons. The van der Waals surface area contributed by atoms with Crippen molar-refractivity contribution in [2.45, 2.75) is 51.2 Å². The molecule has 5 heteroatoms. The number of aryl methyl sites for hydroxylation is 1. The van der Waals surface area contributed by atoms with E-state index in [0.29, 0.717) is 6.04 Å². The quantitative estimate of drug-likeness (QED) is 0.857. The summed E-state index contributed by atoms with van der Waals surface area (Å²) in [5.41, 5.74) is 0. The average molecular weight is 249 g/mol. The predicted octanol–water partition coefficient (Wildman–Crippen LogP) is 0.798. The topological polar surface area (TPSA) is 46.0 Å². The molecule has 0 radical (unpaired) electrons. The van der Waals surface area contributed by atoms with E-state index in [1.807, 2.05) is 0 Å². The van der Waals surface area contributed by atoms with Gasteiger partial charge in [0, 0.05) is 25.6 Å². The monoisotopic (exact) mass is 249 g/mol. The van der Waals surface area contributed by atoms with E-state index in [1.54, 1.807) is 0 Å². The van der Waals surface area contributed by atoms with Gasteiger partial charge in [0.15, 0.2) is 0 Å². The maximum Gasteiger partial charge on any atom is 0.147 e. The number of aromatic nitrogens is 3. The van der Waals surface area contributed by atoms with Gasteiger partial charge in [0.2, 0.25) is 0 Å². The van der Waals surface area contributed by atoms with E-state index in [2.05, 4.69) is 32.0 Å². The number of hydrogen-bond acceptors (Lipinski definition) is 4. The molecule has 0 aliphatic carbocycles. The Balaban J connectivity index is 1.52. The lowest BCUT2D eigenvalue weighted by molar-refractivity contribution is 0.299.